The number of nitrogens with zero attached hydrogens (tertiary/aromatic N) is 2. The van der Waals surface area contributed by atoms with Crippen LogP contribution in [0.15, 0.2) is 22.5 Å². The first kappa shape index (κ1) is 20.6. The number of rotatable bonds is 6. The third kappa shape index (κ3) is 6.49. The standard InChI is InChI=1S/C19H25N5O2S2/c1-12-8-13(2)10-15(9-12)20-16(25)11-27-19-24-23-18(28-19)22-17(26)21-14-6-4-3-5-7-14/h8-10,14H,3-7,11H2,1-2H3,(H,20,25)(H2,21,22,23,26). The van der Waals surface area contributed by atoms with Gasteiger partial charge in [-0.05, 0) is 49.9 Å². The van der Waals surface area contributed by atoms with E-state index in [0.717, 1.165) is 42.5 Å². The van der Waals surface area contributed by atoms with Gasteiger partial charge in [0.25, 0.3) is 0 Å². The molecule has 2 aromatic rings. The molecule has 0 aliphatic heterocycles. The van der Waals surface area contributed by atoms with Gasteiger partial charge in [-0.2, -0.15) is 0 Å². The first-order valence-corrected chi connectivity index (χ1v) is 11.2. The van der Waals surface area contributed by atoms with Crippen molar-refractivity contribution >= 4 is 45.9 Å². The Hall–Kier alpha value is -2.13. The number of hydrogen-bond acceptors (Lipinski definition) is 6. The van der Waals surface area contributed by atoms with Crippen LogP contribution in [0.2, 0.25) is 0 Å². The van der Waals surface area contributed by atoms with E-state index in [0.29, 0.717) is 9.47 Å². The fourth-order valence-corrected chi connectivity index (χ4v) is 4.80. The normalized spacial score (nSPS) is 14.5. The zero-order valence-electron chi connectivity index (χ0n) is 16.1. The molecular weight excluding hydrogens is 394 g/mol. The van der Waals surface area contributed by atoms with Crippen LogP contribution in [-0.4, -0.2) is 33.9 Å². The van der Waals surface area contributed by atoms with Gasteiger partial charge in [0.2, 0.25) is 11.0 Å². The van der Waals surface area contributed by atoms with Crippen molar-refractivity contribution in [2.24, 2.45) is 0 Å². The lowest BCUT2D eigenvalue weighted by Gasteiger charge is -2.22. The van der Waals surface area contributed by atoms with E-state index in [1.165, 1.54) is 29.5 Å². The second-order valence-corrected chi connectivity index (χ2v) is 9.22. The Morgan fingerprint density at radius 1 is 1.07 bits per heavy atom. The molecule has 3 N–H and O–H groups in total. The van der Waals surface area contributed by atoms with Crippen LogP contribution < -0.4 is 16.0 Å². The summed E-state index contributed by atoms with van der Waals surface area (Å²) in [7, 11) is 0. The minimum absolute atomic E-state index is 0.102. The summed E-state index contributed by atoms with van der Waals surface area (Å²) in [6.45, 7) is 4.00. The van der Waals surface area contributed by atoms with Crippen molar-refractivity contribution in [2.45, 2.75) is 56.3 Å². The number of anilines is 2. The van der Waals surface area contributed by atoms with Crippen LogP contribution in [0.25, 0.3) is 0 Å². The molecule has 1 aliphatic carbocycles. The van der Waals surface area contributed by atoms with Gasteiger partial charge in [-0.3, -0.25) is 10.1 Å². The SMILES string of the molecule is Cc1cc(C)cc(NC(=O)CSc2nnc(NC(=O)NC3CCCCC3)s2)c1. The van der Waals surface area contributed by atoms with Crippen molar-refractivity contribution in [1.29, 1.82) is 0 Å². The topological polar surface area (TPSA) is 96.0 Å². The lowest BCUT2D eigenvalue weighted by molar-refractivity contribution is -0.113. The van der Waals surface area contributed by atoms with Gasteiger partial charge in [0.15, 0.2) is 4.34 Å². The predicted molar refractivity (Wildman–Crippen MR) is 114 cm³/mol. The van der Waals surface area contributed by atoms with Gasteiger partial charge in [-0.1, -0.05) is 48.4 Å². The predicted octanol–water partition coefficient (Wildman–Crippen LogP) is 4.34. The summed E-state index contributed by atoms with van der Waals surface area (Å²) in [5, 5.41) is 17.1. The number of benzene rings is 1. The summed E-state index contributed by atoms with van der Waals surface area (Å²) < 4.78 is 0.642. The molecule has 0 saturated heterocycles. The molecule has 1 fully saturated rings. The lowest BCUT2D eigenvalue weighted by Crippen LogP contribution is -2.38. The first-order valence-electron chi connectivity index (χ1n) is 9.40. The summed E-state index contributed by atoms with van der Waals surface area (Å²) >= 11 is 2.57. The lowest BCUT2D eigenvalue weighted by atomic mass is 9.96. The Morgan fingerprint density at radius 2 is 1.79 bits per heavy atom. The van der Waals surface area contributed by atoms with E-state index in [2.05, 4.69) is 32.2 Å². The van der Waals surface area contributed by atoms with Crippen molar-refractivity contribution in [2.75, 3.05) is 16.4 Å². The minimum Gasteiger partial charge on any atom is -0.335 e. The molecule has 0 atom stereocenters. The summed E-state index contributed by atoms with van der Waals surface area (Å²) in [5.41, 5.74) is 3.01. The molecule has 1 aliphatic rings. The van der Waals surface area contributed by atoms with Crippen LogP contribution in [-0.2, 0) is 4.79 Å². The Balaban J connectivity index is 1.43. The number of thioether (sulfide) groups is 1. The molecule has 3 amide bonds. The Kier molecular flexibility index (Phi) is 7.27. The number of carbonyl (C=O) groups is 2. The highest BCUT2D eigenvalue weighted by Gasteiger charge is 2.17. The summed E-state index contributed by atoms with van der Waals surface area (Å²) in [5.74, 6) is 0.130. The molecule has 150 valence electrons. The van der Waals surface area contributed by atoms with Crippen molar-refractivity contribution in [3.05, 3.63) is 29.3 Å². The minimum atomic E-state index is -0.243. The van der Waals surface area contributed by atoms with Gasteiger partial charge in [-0.15, -0.1) is 10.2 Å². The summed E-state index contributed by atoms with van der Waals surface area (Å²) in [6.07, 6.45) is 5.62. The second kappa shape index (κ2) is 9.88. The summed E-state index contributed by atoms with van der Waals surface area (Å²) in [6, 6.07) is 5.93. The molecule has 0 unspecified atom stereocenters. The molecule has 9 heteroatoms. The van der Waals surface area contributed by atoms with E-state index < -0.39 is 0 Å². The highest BCUT2D eigenvalue weighted by Crippen LogP contribution is 2.26. The van der Waals surface area contributed by atoms with Crippen molar-refractivity contribution in [1.82, 2.24) is 15.5 Å². The molecule has 0 spiro atoms. The van der Waals surface area contributed by atoms with E-state index in [1.54, 1.807) is 0 Å². The molecule has 3 rings (SSSR count). The fourth-order valence-electron chi connectivity index (χ4n) is 3.26. The van der Waals surface area contributed by atoms with E-state index in [4.69, 9.17) is 0 Å². The Bertz CT molecular complexity index is 813. The van der Waals surface area contributed by atoms with Crippen LogP contribution >= 0.6 is 23.1 Å². The third-order valence-electron chi connectivity index (χ3n) is 4.40. The van der Waals surface area contributed by atoms with Crippen molar-refractivity contribution in [3.8, 4) is 0 Å². The van der Waals surface area contributed by atoms with Gasteiger partial charge >= 0.3 is 6.03 Å². The molecule has 7 nitrogen and oxygen atoms in total. The molecule has 0 bridgehead atoms. The quantitative estimate of drug-likeness (QED) is 0.478. The Morgan fingerprint density at radius 3 is 2.50 bits per heavy atom. The van der Waals surface area contributed by atoms with Crippen LogP contribution in [0.4, 0.5) is 15.6 Å². The molecule has 1 heterocycles. The van der Waals surface area contributed by atoms with Gasteiger partial charge in [0, 0.05) is 11.7 Å². The van der Waals surface area contributed by atoms with E-state index >= 15 is 0 Å². The molecule has 1 aromatic carbocycles. The van der Waals surface area contributed by atoms with E-state index in [-0.39, 0.29) is 23.7 Å². The molecular formula is C19H25N5O2S2. The van der Waals surface area contributed by atoms with E-state index in [1.807, 2.05) is 26.0 Å². The number of aryl methyl sites for hydroxylation is 2. The van der Waals surface area contributed by atoms with Crippen LogP contribution in [0, 0.1) is 13.8 Å². The highest BCUT2D eigenvalue weighted by atomic mass is 32.2. The average Bonchev–Trinajstić information content (AvgIpc) is 3.07. The monoisotopic (exact) mass is 419 g/mol. The van der Waals surface area contributed by atoms with Crippen LogP contribution in [0.5, 0.6) is 0 Å². The second-order valence-electron chi connectivity index (χ2n) is 7.02. The van der Waals surface area contributed by atoms with Gasteiger partial charge < -0.3 is 10.6 Å². The van der Waals surface area contributed by atoms with Gasteiger partial charge in [0.05, 0.1) is 5.75 Å². The van der Waals surface area contributed by atoms with Gasteiger partial charge in [0.1, 0.15) is 0 Å². The maximum absolute atomic E-state index is 12.2. The smallest absolute Gasteiger partial charge is 0.321 e. The highest BCUT2D eigenvalue weighted by molar-refractivity contribution is 8.01. The van der Waals surface area contributed by atoms with E-state index in [9.17, 15) is 9.59 Å². The number of nitrogens with one attached hydrogen (secondary N) is 3. The molecule has 28 heavy (non-hydrogen) atoms. The number of amides is 3. The first-order chi connectivity index (χ1) is 13.5. The van der Waals surface area contributed by atoms with Gasteiger partial charge in [-0.25, -0.2) is 4.79 Å². The Labute approximate surface area is 173 Å². The number of urea groups is 1. The maximum Gasteiger partial charge on any atom is 0.321 e. The molecule has 1 saturated carbocycles. The van der Waals surface area contributed by atoms with Crippen LogP contribution in [0.3, 0.4) is 0 Å². The maximum atomic E-state index is 12.2. The molecule has 0 radical (unpaired) electrons. The zero-order valence-corrected chi connectivity index (χ0v) is 17.7. The number of aromatic nitrogens is 2. The third-order valence-corrected chi connectivity index (χ3v) is 6.37. The fraction of sp³-hybridized carbons (Fsp3) is 0.474. The summed E-state index contributed by atoms with van der Waals surface area (Å²) in [4.78, 5) is 24.2. The largest absolute Gasteiger partial charge is 0.335 e. The van der Waals surface area contributed by atoms with Crippen molar-refractivity contribution < 1.29 is 9.59 Å². The number of carbonyl (C=O) groups excluding carboxylic acids is 2. The zero-order chi connectivity index (χ0) is 19.9. The van der Waals surface area contributed by atoms with Crippen molar-refractivity contribution in [3.63, 3.8) is 0 Å². The van der Waals surface area contributed by atoms with Crippen LogP contribution in [0.1, 0.15) is 43.2 Å². The number of hydrogen-bond donors (Lipinski definition) is 3. The molecule has 1 aromatic heterocycles. The average molecular weight is 420 g/mol.